The van der Waals surface area contributed by atoms with Crippen LogP contribution in [0.25, 0.3) is 0 Å². The molecule has 1 saturated carbocycles. The van der Waals surface area contributed by atoms with Gasteiger partial charge >= 0.3 is 0 Å². The van der Waals surface area contributed by atoms with Gasteiger partial charge in [-0.3, -0.25) is 4.90 Å². The lowest BCUT2D eigenvalue weighted by molar-refractivity contribution is -0.00866. The van der Waals surface area contributed by atoms with Crippen LogP contribution in [0.1, 0.15) is 46.5 Å². The highest BCUT2D eigenvalue weighted by molar-refractivity contribution is 4.91. The van der Waals surface area contributed by atoms with Gasteiger partial charge in [-0.15, -0.1) is 0 Å². The van der Waals surface area contributed by atoms with E-state index in [0.29, 0.717) is 12.6 Å². The summed E-state index contributed by atoms with van der Waals surface area (Å²) in [4.78, 5) is 2.47. The molecule has 1 aliphatic rings. The Morgan fingerprint density at radius 1 is 1.29 bits per heavy atom. The summed E-state index contributed by atoms with van der Waals surface area (Å²) in [6, 6.07) is 0.681. The lowest BCUT2D eigenvalue weighted by Crippen LogP contribution is -2.57. The van der Waals surface area contributed by atoms with Gasteiger partial charge in [0, 0.05) is 19.2 Å². The predicted molar refractivity (Wildman–Crippen MR) is 73.1 cm³/mol. The summed E-state index contributed by atoms with van der Waals surface area (Å²) in [6.45, 7) is 8.79. The Morgan fingerprint density at radius 2 is 1.88 bits per heavy atom. The first kappa shape index (κ1) is 14.9. The highest BCUT2D eigenvalue weighted by Crippen LogP contribution is 2.29. The maximum Gasteiger partial charge on any atom is 0.0659 e. The fourth-order valence-electron chi connectivity index (χ4n) is 2.70. The van der Waals surface area contributed by atoms with E-state index in [9.17, 15) is 0 Å². The monoisotopic (exact) mass is 242 g/mol. The zero-order chi connectivity index (χ0) is 12.9. The van der Waals surface area contributed by atoms with E-state index >= 15 is 0 Å². The number of ether oxygens (including phenoxy) is 1. The van der Waals surface area contributed by atoms with Gasteiger partial charge in [0.2, 0.25) is 0 Å². The van der Waals surface area contributed by atoms with Crippen LogP contribution in [-0.2, 0) is 4.74 Å². The van der Waals surface area contributed by atoms with Crippen LogP contribution in [0.2, 0.25) is 0 Å². The van der Waals surface area contributed by atoms with Gasteiger partial charge in [0.05, 0.1) is 12.1 Å². The van der Waals surface area contributed by atoms with Crippen molar-refractivity contribution in [3.63, 3.8) is 0 Å². The van der Waals surface area contributed by atoms with Crippen molar-refractivity contribution in [2.75, 3.05) is 26.8 Å². The van der Waals surface area contributed by atoms with E-state index in [4.69, 9.17) is 10.5 Å². The Kier molecular flexibility index (Phi) is 5.90. The Labute approximate surface area is 107 Å². The summed E-state index contributed by atoms with van der Waals surface area (Å²) in [5, 5.41) is 0. The fourth-order valence-corrected chi connectivity index (χ4v) is 2.70. The molecule has 0 bridgehead atoms. The van der Waals surface area contributed by atoms with Gasteiger partial charge in [-0.2, -0.15) is 0 Å². The average Bonchev–Trinajstić information content (AvgIpc) is 2.36. The predicted octanol–water partition coefficient (Wildman–Crippen LogP) is 2.25. The Morgan fingerprint density at radius 3 is 2.35 bits per heavy atom. The second-order valence-corrected chi connectivity index (χ2v) is 5.86. The van der Waals surface area contributed by atoms with Gasteiger partial charge < -0.3 is 10.5 Å². The molecule has 3 nitrogen and oxygen atoms in total. The molecule has 0 aromatic rings. The Hall–Kier alpha value is -0.120. The molecule has 1 aliphatic carbocycles. The van der Waals surface area contributed by atoms with E-state index in [1.807, 2.05) is 6.92 Å². The molecule has 1 unspecified atom stereocenters. The Bertz CT molecular complexity index is 214. The molecule has 0 aromatic heterocycles. The highest BCUT2D eigenvalue weighted by atomic mass is 16.5. The van der Waals surface area contributed by atoms with Gasteiger partial charge in [0.1, 0.15) is 0 Å². The SMILES string of the molecule is CCOCC(C)(CN)N(C)C1CCC(C)CC1. The molecule has 2 N–H and O–H groups in total. The lowest BCUT2D eigenvalue weighted by Gasteiger charge is -2.44. The third-order valence-corrected chi connectivity index (χ3v) is 4.44. The maximum absolute atomic E-state index is 5.96. The molecular formula is C14H30N2O. The van der Waals surface area contributed by atoms with Crippen molar-refractivity contribution in [1.82, 2.24) is 4.90 Å². The summed E-state index contributed by atoms with van der Waals surface area (Å²) in [7, 11) is 2.21. The summed E-state index contributed by atoms with van der Waals surface area (Å²) in [5.74, 6) is 0.899. The van der Waals surface area contributed by atoms with Gasteiger partial charge in [0.25, 0.3) is 0 Å². The standard InChI is InChI=1S/C14H30N2O/c1-5-17-11-14(3,10-15)16(4)13-8-6-12(2)7-9-13/h12-13H,5-11,15H2,1-4H3. The van der Waals surface area contributed by atoms with E-state index in [-0.39, 0.29) is 5.54 Å². The second kappa shape index (κ2) is 6.72. The molecule has 1 rings (SSSR count). The topological polar surface area (TPSA) is 38.5 Å². The largest absolute Gasteiger partial charge is 0.380 e. The molecule has 1 atom stereocenters. The minimum atomic E-state index is -0.0126. The number of nitrogens with two attached hydrogens (primary N) is 1. The number of rotatable bonds is 6. The third-order valence-electron chi connectivity index (χ3n) is 4.44. The smallest absolute Gasteiger partial charge is 0.0659 e. The number of likely N-dealkylation sites (N-methyl/N-ethyl adjacent to an activating group) is 1. The minimum Gasteiger partial charge on any atom is -0.380 e. The molecule has 0 spiro atoms. The first-order chi connectivity index (χ1) is 8.03. The summed E-state index contributed by atoms with van der Waals surface area (Å²) in [6.07, 6.45) is 5.31. The van der Waals surface area contributed by atoms with Crippen molar-refractivity contribution in [3.05, 3.63) is 0 Å². The van der Waals surface area contributed by atoms with Crippen molar-refractivity contribution < 1.29 is 4.74 Å². The quantitative estimate of drug-likeness (QED) is 0.776. The van der Waals surface area contributed by atoms with E-state index in [0.717, 1.165) is 19.1 Å². The summed E-state index contributed by atoms with van der Waals surface area (Å²) < 4.78 is 5.60. The molecular weight excluding hydrogens is 212 g/mol. The highest BCUT2D eigenvalue weighted by Gasteiger charge is 2.34. The van der Waals surface area contributed by atoms with Crippen molar-refractivity contribution in [2.45, 2.75) is 58.0 Å². The van der Waals surface area contributed by atoms with Crippen LogP contribution in [0.3, 0.4) is 0 Å². The molecule has 17 heavy (non-hydrogen) atoms. The van der Waals surface area contributed by atoms with Crippen LogP contribution in [0.5, 0.6) is 0 Å². The molecule has 0 radical (unpaired) electrons. The molecule has 3 heteroatoms. The fraction of sp³-hybridized carbons (Fsp3) is 1.00. The van der Waals surface area contributed by atoms with Crippen molar-refractivity contribution >= 4 is 0 Å². The Balaban J connectivity index is 2.55. The first-order valence-electron chi connectivity index (χ1n) is 7.04. The van der Waals surface area contributed by atoms with E-state index < -0.39 is 0 Å². The van der Waals surface area contributed by atoms with E-state index in [2.05, 4.69) is 25.8 Å². The summed E-state index contributed by atoms with van der Waals surface area (Å²) in [5.41, 5.74) is 5.95. The zero-order valence-corrected chi connectivity index (χ0v) is 12.0. The molecule has 0 heterocycles. The van der Waals surface area contributed by atoms with Crippen molar-refractivity contribution in [1.29, 1.82) is 0 Å². The third kappa shape index (κ3) is 3.94. The van der Waals surface area contributed by atoms with Crippen LogP contribution < -0.4 is 5.73 Å². The van der Waals surface area contributed by atoms with Gasteiger partial charge in [0.15, 0.2) is 0 Å². The lowest BCUT2D eigenvalue weighted by atomic mass is 9.84. The van der Waals surface area contributed by atoms with Gasteiger partial charge in [-0.25, -0.2) is 0 Å². The summed E-state index contributed by atoms with van der Waals surface area (Å²) >= 11 is 0. The van der Waals surface area contributed by atoms with Crippen LogP contribution in [-0.4, -0.2) is 43.3 Å². The molecule has 0 aromatic carbocycles. The van der Waals surface area contributed by atoms with Crippen LogP contribution in [0, 0.1) is 5.92 Å². The number of nitrogens with zero attached hydrogens (tertiary/aromatic N) is 1. The van der Waals surface area contributed by atoms with E-state index in [1.54, 1.807) is 0 Å². The van der Waals surface area contributed by atoms with Crippen LogP contribution in [0.15, 0.2) is 0 Å². The first-order valence-corrected chi connectivity index (χ1v) is 7.04. The zero-order valence-electron chi connectivity index (χ0n) is 12.0. The van der Waals surface area contributed by atoms with Crippen molar-refractivity contribution in [3.8, 4) is 0 Å². The molecule has 1 fully saturated rings. The number of hydrogen-bond acceptors (Lipinski definition) is 3. The second-order valence-electron chi connectivity index (χ2n) is 5.86. The van der Waals surface area contributed by atoms with Crippen LogP contribution >= 0.6 is 0 Å². The van der Waals surface area contributed by atoms with E-state index in [1.165, 1.54) is 25.7 Å². The molecule has 0 amide bonds. The maximum atomic E-state index is 5.96. The van der Waals surface area contributed by atoms with Gasteiger partial charge in [-0.1, -0.05) is 6.92 Å². The van der Waals surface area contributed by atoms with Gasteiger partial charge in [-0.05, 0) is 52.5 Å². The molecule has 0 aliphatic heterocycles. The molecule has 0 saturated heterocycles. The molecule has 102 valence electrons. The minimum absolute atomic E-state index is 0.0126. The average molecular weight is 242 g/mol. The van der Waals surface area contributed by atoms with Crippen LogP contribution in [0.4, 0.5) is 0 Å². The normalized spacial score (nSPS) is 29.3. The van der Waals surface area contributed by atoms with Crippen molar-refractivity contribution in [2.24, 2.45) is 11.7 Å². The number of hydrogen-bond donors (Lipinski definition) is 1.